The molecule has 0 unspecified atom stereocenters. The zero-order chi connectivity index (χ0) is 57.4. The third-order valence-electron chi connectivity index (χ3n) is 17.3. The van der Waals surface area contributed by atoms with Gasteiger partial charge in [0, 0.05) is 65.8 Å². The monoisotopic (exact) mass is 1110 g/mol. The predicted molar refractivity (Wildman–Crippen MR) is 361 cm³/mol. The molecule has 406 valence electrons. The molecular formula is C81H52N6. The van der Waals surface area contributed by atoms with Crippen LogP contribution in [0.25, 0.3) is 161 Å². The summed E-state index contributed by atoms with van der Waals surface area (Å²) >= 11 is 0. The Bertz CT molecular complexity index is 5200. The number of nitrogens with zero attached hydrogens (tertiary/aromatic N) is 6. The van der Waals surface area contributed by atoms with Gasteiger partial charge >= 0.3 is 0 Å². The number of hydrogen-bond donors (Lipinski definition) is 0. The Morgan fingerprint density at radius 1 is 0.207 bits per heavy atom. The van der Waals surface area contributed by atoms with Gasteiger partial charge in [-0.1, -0.05) is 249 Å². The van der Waals surface area contributed by atoms with Crippen LogP contribution < -0.4 is 0 Å². The minimum Gasteiger partial charge on any atom is -0.309 e. The molecule has 0 N–H and O–H groups in total. The molecule has 0 aliphatic heterocycles. The van der Waals surface area contributed by atoms with Gasteiger partial charge in [0.05, 0.1) is 44.5 Å². The van der Waals surface area contributed by atoms with Crippen LogP contribution in [0.5, 0.6) is 0 Å². The molecule has 0 saturated carbocycles. The van der Waals surface area contributed by atoms with Gasteiger partial charge in [-0.25, -0.2) is 15.0 Å². The van der Waals surface area contributed by atoms with Gasteiger partial charge in [-0.3, -0.25) is 0 Å². The van der Waals surface area contributed by atoms with Crippen LogP contribution in [-0.4, -0.2) is 28.7 Å². The maximum Gasteiger partial charge on any atom is 0.164 e. The van der Waals surface area contributed by atoms with Crippen molar-refractivity contribution in [1.82, 2.24) is 28.7 Å². The molecule has 0 radical (unpaired) electrons. The summed E-state index contributed by atoms with van der Waals surface area (Å²) < 4.78 is 7.44. The zero-order valence-electron chi connectivity index (χ0n) is 47.2. The minimum absolute atomic E-state index is 0.571. The van der Waals surface area contributed by atoms with E-state index in [1.54, 1.807) is 0 Å². The molecule has 4 heterocycles. The quantitative estimate of drug-likeness (QED) is 0.137. The molecule has 0 bridgehead atoms. The van der Waals surface area contributed by atoms with E-state index in [9.17, 15) is 0 Å². The molecule has 0 atom stereocenters. The Hall–Kier alpha value is -11.7. The lowest BCUT2D eigenvalue weighted by Crippen LogP contribution is -2.04. The second-order valence-electron chi connectivity index (χ2n) is 22.3. The Morgan fingerprint density at radius 2 is 0.552 bits per heavy atom. The van der Waals surface area contributed by atoms with E-state index in [0.29, 0.717) is 17.5 Å². The van der Waals surface area contributed by atoms with Crippen molar-refractivity contribution in [3.63, 3.8) is 0 Å². The lowest BCUT2D eigenvalue weighted by Gasteiger charge is -2.21. The number of para-hydroxylation sites is 4. The second-order valence-corrected chi connectivity index (χ2v) is 22.3. The van der Waals surface area contributed by atoms with Crippen LogP contribution >= 0.6 is 0 Å². The molecule has 0 aliphatic rings. The zero-order valence-corrected chi connectivity index (χ0v) is 47.2. The first-order valence-electron chi connectivity index (χ1n) is 29.6. The van der Waals surface area contributed by atoms with Crippen LogP contribution in [0, 0.1) is 0 Å². The third kappa shape index (κ3) is 8.37. The first kappa shape index (κ1) is 49.8. The summed E-state index contributed by atoms with van der Waals surface area (Å²) in [7, 11) is 0. The molecule has 6 heteroatoms. The van der Waals surface area contributed by atoms with Crippen LogP contribution in [-0.2, 0) is 0 Å². The highest BCUT2D eigenvalue weighted by Crippen LogP contribution is 2.47. The SMILES string of the molecule is c1ccc(-c2ccc(-c3nc(-c4ccc(-c5ccccc5)cc4)nc(-c4cc(-c5ccccc5)c(-n5c6ccc(-n7c8ccccc8c8ccccc87)cc6c6c(-n7c8ccccc8c8ccccc87)cccc65)c(-c5ccccc5)c4)n3)cc2)cc1. The molecule has 0 amide bonds. The minimum atomic E-state index is 0.571. The average Bonchev–Trinajstić information content (AvgIpc) is 1.61. The summed E-state index contributed by atoms with van der Waals surface area (Å²) in [6, 6.07) is 113. The standard InChI is InChI=1S/C81H52N6/c1-5-22-53(23-6-1)55-40-44-59(45-41-55)79-82-80(60-46-42-56(43-47-60)54-24-7-2-8-25-54)84-81(83-79)61-50-67(57-26-9-3-10-27-57)78(68(51-61)58-28-11-4-12-29-58)87-74-49-48-62(85-70-34-17-13-30-63(70)64-31-14-18-35-71(64)85)52-69(74)77-75(38-21-39-76(77)87)86-72-36-19-15-32-65(72)66-33-16-20-37-73(66)86/h1-52H. The second kappa shape index (κ2) is 20.6. The van der Waals surface area contributed by atoms with Gasteiger partial charge in [-0.2, -0.15) is 0 Å². The molecule has 0 spiro atoms. The van der Waals surface area contributed by atoms with Crippen molar-refractivity contribution in [3.05, 3.63) is 315 Å². The van der Waals surface area contributed by atoms with E-state index in [1.807, 2.05) is 12.1 Å². The summed E-state index contributed by atoms with van der Waals surface area (Å²) in [4.78, 5) is 16.2. The molecule has 0 saturated heterocycles. The fraction of sp³-hybridized carbons (Fsp3) is 0. The summed E-state index contributed by atoms with van der Waals surface area (Å²) in [6.45, 7) is 0. The number of rotatable bonds is 10. The highest BCUT2D eigenvalue weighted by molar-refractivity contribution is 6.18. The molecule has 17 aromatic rings. The highest BCUT2D eigenvalue weighted by Gasteiger charge is 2.26. The summed E-state index contributed by atoms with van der Waals surface area (Å²) in [5.74, 6) is 1.75. The molecule has 0 aliphatic carbocycles. The van der Waals surface area contributed by atoms with Gasteiger partial charge in [0.25, 0.3) is 0 Å². The molecule has 13 aromatic carbocycles. The number of hydrogen-bond acceptors (Lipinski definition) is 3. The summed E-state index contributed by atoms with van der Waals surface area (Å²) in [6.07, 6.45) is 0. The molecule has 4 aromatic heterocycles. The first-order chi connectivity index (χ1) is 43.2. The third-order valence-corrected chi connectivity index (χ3v) is 17.3. The van der Waals surface area contributed by atoms with Crippen molar-refractivity contribution in [2.24, 2.45) is 0 Å². The number of aromatic nitrogens is 6. The van der Waals surface area contributed by atoms with E-state index in [4.69, 9.17) is 15.0 Å². The largest absolute Gasteiger partial charge is 0.309 e. The maximum atomic E-state index is 5.46. The van der Waals surface area contributed by atoms with Crippen LogP contribution in [0.3, 0.4) is 0 Å². The Morgan fingerprint density at radius 3 is 1.00 bits per heavy atom. The molecule has 0 fully saturated rings. The fourth-order valence-electron chi connectivity index (χ4n) is 13.3. The highest BCUT2D eigenvalue weighted by atomic mass is 15.0. The Balaban J connectivity index is 0.953. The van der Waals surface area contributed by atoms with Crippen molar-refractivity contribution >= 4 is 65.4 Å². The smallest absolute Gasteiger partial charge is 0.164 e. The van der Waals surface area contributed by atoms with Crippen LogP contribution in [0.1, 0.15) is 0 Å². The van der Waals surface area contributed by atoms with Crippen molar-refractivity contribution in [2.45, 2.75) is 0 Å². The molecule has 17 rings (SSSR count). The lowest BCUT2D eigenvalue weighted by molar-refractivity contribution is 1.07. The van der Waals surface area contributed by atoms with Gasteiger partial charge in [0.2, 0.25) is 0 Å². The van der Waals surface area contributed by atoms with Gasteiger partial charge in [0.15, 0.2) is 17.5 Å². The summed E-state index contributed by atoms with van der Waals surface area (Å²) in [5.41, 5.74) is 21.4. The molecule has 6 nitrogen and oxygen atoms in total. The number of fused-ring (bicyclic) bond motifs is 9. The van der Waals surface area contributed by atoms with E-state index in [0.717, 1.165) is 122 Å². The van der Waals surface area contributed by atoms with Crippen molar-refractivity contribution in [1.29, 1.82) is 0 Å². The summed E-state index contributed by atoms with van der Waals surface area (Å²) in [5, 5.41) is 7.15. The fourth-order valence-corrected chi connectivity index (χ4v) is 13.3. The van der Waals surface area contributed by atoms with E-state index in [2.05, 4.69) is 317 Å². The van der Waals surface area contributed by atoms with Crippen molar-refractivity contribution in [3.8, 4) is 95.7 Å². The first-order valence-corrected chi connectivity index (χ1v) is 29.6. The normalized spacial score (nSPS) is 11.7. The topological polar surface area (TPSA) is 53.5 Å². The van der Waals surface area contributed by atoms with Crippen molar-refractivity contribution < 1.29 is 0 Å². The van der Waals surface area contributed by atoms with Crippen molar-refractivity contribution in [2.75, 3.05) is 0 Å². The maximum absolute atomic E-state index is 5.46. The van der Waals surface area contributed by atoms with E-state index in [1.165, 1.54) is 21.5 Å². The molecule has 87 heavy (non-hydrogen) atoms. The van der Waals surface area contributed by atoms with E-state index in [-0.39, 0.29) is 0 Å². The van der Waals surface area contributed by atoms with E-state index >= 15 is 0 Å². The number of benzene rings is 13. The Kier molecular flexibility index (Phi) is 11.8. The lowest BCUT2D eigenvalue weighted by atomic mass is 9.92. The van der Waals surface area contributed by atoms with Gasteiger partial charge in [-0.05, 0) is 100 Å². The van der Waals surface area contributed by atoms with Gasteiger partial charge < -0.3 is 13.7 Å². The van der Waals surface area contributed by atoms with Gasteiger partial charge in [0.1, 0.15) is 0 Å². The van der Waals surface area contributed by atoms with Crippen LogP contribution in [0.2, 0.25) is 0 Å². The molecular weight excluding hydrogens is 1060 g/mol. The average molecular weight is 1110 g/mol. The predicted octanol–water partition coefficient (Wildman–Crippen LogP) is 20.8. The van der Waals surface area contributed by atoms with E-state index < -0.39 is 0 Å². The van der Waals surface area contributed by atoms with Crippen LogP contribution in [0.15, 0.2) is 315 Å². The Labute approximate surface area is 502 Å². The van der Waals surface area contributed by atoms with Gasteiger partial charge in [-0.15, -0.1) is 0 Å². The van der Waals surface area contributed by atoms with Crippen LogP contribution in [0.4, 0.5) is 0 Å².